The van der Waals surface area contributed by atoms with Crippen LogP contribution in [0.15, 0.2) is 83.8 Å². The number of benzene rings is 3. The number of carbonyl (C=O) groups is 2. The molecule has 0 radical (unpaired) electrons. The minimum absolute atomic E-state index is 0.0435. The standard InChI is InChI=1S/C30H36ClN3O4S/c1-4-5-20-32-30(36)24(3)33(21-19-25-11-7-6-8-12-25)29(35)22-34(28-14-10-9-13-27(28)31)39(37,38)26-17-15-23(2)16-18-26/h6-18,24H,4-5,19-22H2,1-3H3,(H,32,36)/t24-/m0/s1. The second-order valence-corrected chi connectivity index (χ2v) is 11.7. The number of anilines is 1. The molecule has 7 nitrogen and oxygen atoms in total. The van der Waals surface area contributed by atoms with Crippen molar-refractivity contribution in [3.8, 4) is 0 Å². The van der Waals surface area contributed by atoms with Gasteiger partial charge in [0.1, 0.15) is 12.6 Å². The average Bonchev–Trinajstić information content (AvgIpc) is 2.93. The van der Waals surface area contributed by atoms with E-state index < -0.39 is 28.5 Å². The number of amides is 2. The Morgan fingerprint density at radius 2 is 1.59 bits per heavy atom. The van der Waals surface area contributed by atoms with E-state index in [1.165, 1.54) is 17.0 Å². The van der Waals surface area contributed by atoms with Crippen LogP contribution in [0.5, 0.6) is 0 Å². The molecule has 1 N–H and O–H groups in total. The van der Waals surface area contributed by atoms with Crippen LogP contribution < -0.4 is 9.62 Å². The van der Waals surface area contributed by atoms with Crippen molar-refractivity contribution in [1.29, 1.82) is 0 Å². The summed E-state index contributed by atoms with van der Waals surface area (Å²) in [6, 6.07) is 21.8. The average molecular weight is 570 g/mol. The van der Waals surface area contributed by atoms with Crippen LogP contribution in [0.3, 0.4) is 0 Å². The number of unbranched alkanes of at least 4 members (excludes halogenated alkanes) is 1. The van der Waals surface area contributed by atoms with Gasteiger partial charge < -0.3 is 10.2 Å². The van der Waals surface area contributed by atoms with Crippen molar-refractivity contribution in [3.63, 3.8) is 0 Å². The molecule has 3 aromatic carbocycles. The van der Waals surface area contributed by atoms with Gasteiger partial charge in [0.15, 0.2) is 0 Å². The highest BCUT2D eigenvalue weighted by molar-refractivity contribution is 7.92. The zero-order valence-electron chi connectivity index (χ0n) is 22.6. The fourth-order valence-corrected chi connectivity index (χ4v) is 5.83. The van der Waals surface area contributed by atoms with Gasteiger partial charge in [0.05, 0.1) is 15.6 Å². The number of halogens is 1. The van der Waals surface area contributed by atoms with E-state index in [2.05, 4.69) is 5.32 Å². The van der Waals surface area contributed by atoms with Gasteiger partial charge in [0.2, 0.25) is 11.8 Å². The summed E-state index contributed by atoms with van der Waals surface area (Å²) in [5, 5.41) is 3.08. The van der Waals surface area contributed by atoms with E-state index in [-0.39, 0.29) is 28.1 Å². The molecule has 2 amide bonds. The zero-order valence-corrected chi connectivity index (χ0v) is 24.2. The molecular formula is C30H36ClN3O4S. The molecule has 0 fully saturated rings. The molecule has 3 rings (SSSR count). The molecule has 9 heteroatoms. The largest absolute Gasteiger partial charge is 0.354 e. The number of sulfonamides is 1. The van der Waals surface area contributed by atoms with Crippen LogP contribution >= 0.6 is 11.6 Å². The van der Waals surface area contributed by atoms with Gasteiger partial charge in [-0.05, 0) is 56.5 Å². The Kier molecular flexibility index (Phi) is 10.9. The van der Waals surface area contributed by atoms with E-state index in [0.29, 0.717) is 13.0 Å². The first-order valence-corrected chi connectivity index (χ1v) is 14.9. The predicted octanol–water partition coefficient (Wildman–Crippen LogP) is 5.22. The molecule has 39 heavy (non-hydrogen) atoms. The van der Waals surface area contributed by atoms with Gasteiger partial charge in [0.25, 0.3) is 10.0 Å². The van der Waals surface area contributed by atoms with Crippen LogP contribution in [0.4, 0.5) is 5.69 Å². The molecule has 0 bridgehead atoms. The second-order valence-electron chi connectivity index (χ2n) is 9.42. The number of hydrogen-bond acceptors (Lipinski definition) is 4. The van der Waals surface area contributed by atoms with E-state index in [4.69, 9.17) is 11.6 Å². The topological polar surface area (TPSA) is 86.8 Å². The van der Waals surface area contributed by atoms with Crippen LogP contribution in [0.25, 0.3) is 0 Å². The minimum atomic E-state index is -4.15. The highest BCUT2D eigenvalue weighted by Crippen LogP contribution is 2.30. The van der Waals surface area contributed by atoms with Crippen LogP contribution in [0, 0.1) is 6.92 Å². The van der Waals surface area contributed by atoms with Crippen LogP contribution in [0.2, 0.25) is 5.02 Å². The quantitative estimate of drug-likeness (QED) is 0.286. The van der Waals surface area contributed by atoms with Gasteiger partial charge in [-0.1, -0.05) is 85.1 Å². The fraction of sp³-hybridized carbons (Fsp3) is 0.333. The summed E-state index contributed by atoms with van der Waals surface area (Å²) in [5.74, 6) is -0.782. The Morgan fingerprint density at radius 1 is 0.949 bits per heavy atom. The van der Waals surface area contributed by atoms with Crippen molar-refractivity contribution in [1.82, 2.24) is 10.2 Å². The lowest BCUT2D eigenvalue weighted by Crippen LogP contribution is -2.52. The summed E-state index contributed by atoms with van der Waals surface area (Å²) in [4.78, 5) is 28.3. The predicted molar refractivity (Wildman–Crippen MR) is 156 cm³/mol. The van der Waals surface area contributed by atoms with Gasteiger partial charge in [0, 0.05) is 13.1 Å². The SMILES string of the molecule is CCCCNC(=O)[C@H](C)N(CCc1ccccc1)C(=O)CN(c1ccccc1Cl)S(=O)(=O)c1ccc(C)cc1. The zero-order chi connectivity index (χ0) is 28.4. The third-order valence-electron chi connectivity index (χ3n) is 6.49. The summed E-state index contributed by atoms with van der Waals surface area (Å²) in [6.07, 6.45) is 2.26. The Bertz CT molecular complexity index is 1350. The van der Waals surface area contributed by atoms with Crippen molar-refractivity contribution in [2.24, 2.45) is 0 Å². The van der Waals surface area contributed by atoms with Crippen molar-refractivity contribution in [2.75, 3.05) is 23.9 Å². The Hall–Kier alpha value is -3.36. The third-order valence-corrected chi connectivity index (χ3v) is 8.58. The number of carbonyl (C=O) groups excluding carboxylic acids is 2. The van der Waals surface area contributed by atoms with Gasteiger partial charge in [-0.25, -0.2) is 8.42 Å². The summed E-state index contributed by atoms with van der Waals surface area (Å²) in [7, 11) is -4.15. The summed E-state index contributed by atoms with van der Waals surface area (Å²) >= 11 is 6.43. The van der Waals surface area contributed by atoms with Crippen molar-refractivity contribution in [3.05, 3.63) is 95.0 Å². The highest BCUT2D eigenvalue weighted by Gasteiger charge is 2.33. The number of aryl methyl sites for hydroxylation is 1. The van der Waals surface area contributed by atoms with E-state index in [1.807, 2.05) is 44.2 Å². The van der Waals surface area contributed by atoms with Gasteiger partial charge in [-0.2, -0.15) is 0 Å². The summed E-state index contributed by atoms with van der Waals surface area (Å²) in [5.41, 5.74) is 2.10. The number of nitrogens with one attached hydrogen (secondary N) is 1. The van der Waals surface area contributed by atoms with Gasteiger partial charge in [-0.3, -0.25) is 13.9 Å². The number of para-hydroxylation sites is 1. The summed E-state index contributed by atoms with van der Waals surface area (Å²) in [6.45, 7) is 5.80. The third kappa shape index (κ3) is 8.07. The Balaban J connectivity index is 1.96. The molecule has 0 aliphatic heterocycles. The normalized spacial score (nSPS) is 12.0. The van der Waals surface area contributed by atoms with Crippen molar-refractivity contribution < 1.29 is 18.0 Å². The van der Waals surface area contributed by atoms with Gasteiger partial charge >= 0.3 is 0 Å². The molecule has 208 valence electrons. The lowest BCUT2D eigenvalue weighted by atomic mass is 10.1. The minimum Gasteiger partial charge on any atom is -0.354 e. The molecule has 0 spiro atoms. The molecule has 3 aromatic rings. The van der Waals surface area contributed by atoms with E-state index in [0.717, 1.165) is 28.3 Å². The van der Waals surface area contributed by atoms with E-state index in [1.54, 1.807) is 43.3 Å². The molecule has 0 heterocycles. The first-order valence-electron chi connectivity index (χ1n) is 13.1. The maximum atomic E-state index is 13.9. The number of nitrogens with zero attached hydrogens (tertiary/aromatic N) is 2. The smallest absolute Gasteiger partial charge is 0.264 e. The lowest BCUT2D eigenvalue weighted by molar-refractivity contribution is -0.138. The molecule has 0 unspecified atom stereocenters. The maximum Gasteiger partial charge on any atom is 0.264 e. The maximum absolute atomic E-state index is 13.9. The van der Waals surface area contributed by atoms with E-state index >= 15 is 0 Å². The molecule has 0 aliphatic carbocycles. The van der Waals surface area contributed by atoms with Crippen molar-refractivity contribution in [2.45, 2.75) is 51.0 Å². The fourth-order valence-electron chi connectivity index (χ4n) is 4.11. The van der Waals surface area contributed by atoms with E-state index in [9.17, 15) is 18.0 Å². The number of rotatable bonds is 13. The molecular weight excluding hydrogens is 534 g/mol. The van der Waals surface area contributed by atoms with Gasteiger partial charge in [-0.15, -0.1) is 0 Å². The Labute approximate surface area is 236 Å². The molecule has 1 atom stereocenters. The number of hydrogen-bond donors (Lipinski definition) is 1. The van der Waals surface area contributed by atoms with Crippen LogP contribution in [-0.4, -0.2) is 50.8 Å². The highest BCUT2D eigenvalue weighted by atomic mass is 35.5. The first-order chi connectivity index (χ1) is 18.6. The molecule has 0 aromatic heterocycles. The lowest BCUT2D eigenvalue weighted by Gasteiger charge is -2.32. The summed E-state index contributed by atoms with van der Waals surface area (Å²) < 4.78 is 28.7. The second kappa shape index (κ2) is 14.1. The van der Waals surface area contributed by atoms with Crippen LogP contribution in [-0.2, 0) is 26.0 Å². The van der Waals surface area contributed by atoms with Crippen molar-refractivity contribution >= 4 is 39.1 Å². The monoisotopic (exact) mass is 569 g/mol. The van der Waals surface area contributed by atoms with Crippen LogP contribution in [0.1, 0.15) is 37.8 Å². The molecule has 0 saturated heterocycles. The molecule has 0 saturated carbocycles. The molecule has 0 aliphatic rings. The first kappa shape index (κ1) is 30.2. The Morgan fingerprint density at radius 3 is 2.23 bits per heavy atom.